The van der Waals surface area contributed by atoms with Gasteiger partial charge >= 0.3 is 0 Å². The number of rotatable bonds is 0. The molecule has 0 aromatic heterocycles. The van der Waals surface area contributed by atoms with Crippen molar-refractivity contribution in [1.29, 1.82) is 5.26 Å². The molecule has 5 aliphatic carbocycles. The van der Waals surface area contributed by atoms with Crippen LogP contribution in [0.2, 0.25) is 0 Å². The first-order valence-corrected chi connectivity index (χ1v) is 10.9. The third kappa shape index (κ3) is 2.11. The fourth-order valence-corrected chi connectivity index (χ4v) is 8.76. The first-order chi connectivity index (χ1) is 12.1. The van der Waals surface area contributed by atoms with Crippen LogP contribution < -0.4 is 0 Å². The quantitative estimate of drug-likeness (QED) is 0.656. The number of nitriles is 1. The van der Waals surface area contributed by atoms with Crippen LogP contribution in [0, 0.1) is 51.8 Å². The zero-order valence-corrected chi connectivity index (χ0v) is 15.7. The summed E-state index contributed by atoms with van der Waals surface area (Å²) < 4.78 is 0. The van der Waals surface area contributed by atoms with Gasteiger partial charge in [-0.15, -0.1) is 0 Å². The van der Waals surface area contributed by atoms with E-state index in [4.69, 9.17) is 0 Å². The molecule has 1 N–H and O–H groups in total. The van der Waals surface area contributed by atoms with Crippen molar-refractivity contribution >= 4 is 0 Å². The molecular weight excluding hydrogens is 306 g/mol. The van der Waals surface area contributed by atoms with Crippen LogP contribution in [-0.2, 0) is 0 Å². The first-order valence-electron chi connectivity index (χ1n) is 10.9. The molecule has 136 valence electrons. The number of nitrogens with zero attached hydrogens (tertiary/aromatic N) is 1. The Bertz CT molecular complexity index is 632. The maximum atomic E-state index is 10.2. The highest BCUT2D eigenvalue weighted by molar-refractivity contribution is 5.32. The van der Waals surface area contributed by atoms with Gasteiger partial charge in [-0.2, -0.15) is 5.26 Å². The highest BCUT2D eigenvalue weighted by Gasteiger charge is 2.62. The molecule has 25 heavy (non-hydrogen) atoms. The highest BCUT2D eigenvalue weighted by Crippen LogP contribution is 2.70. The molecule has 0 aromatic rings. The Morgan fingerprint density at radius 2 is 1.92 bits per heavy atom. The molecule has 0 amide bonds. The van der Waals surface area contributed by atoms with Gasteiger partial charge in [-0.25, -0.2) is 0 Å². The van der Waals surface area contributed by atoms with Gasteiger partial charge in [-0.3, -0.25) is 0 Å². The van der Waals surface area contributed by atoms with E-state index < -0.39 is 0 Å². The molecule has 1 spiro atoms. The molecule has 4 fully saturated rings. The minimum atomic E-state index is -0.0397. The van der Waals surface area contributed by atoms with Crippen LogP contribution in [0.4, 0.5) is 0 Å². The Morgan fingerprint density at radius 3 is 2.76 bits per heavy atom. The van der Waals surface area contributed by atoms with Gasteiger partial charge in [0.15, 0.2) is 0 Å². The number of allylic oxidation sites excluding steroid dienone is 2. The lowest BCUT2D eigenvalue weighted by Gasteiger charge is -2.62. The summed E-state index contributed by atoms with van der Waals surface area (Å²) in [5, 5.41) is 19.8. The summed E-state index contributed by atoms with van der Waals surface area (Å²) in [6.07, 6.45) is 16.1. The standard InChI is InChI=1S/C23H33NO/c1-22-11-8-17(25)13-16(22)4-5-18-20(22)9-12-23-10-2-3-15(14-24)19(23)6-7-21(18)23/h3,16-21,25H,2,4-13H2,1H3/t16-,17+,18?,19+,20?,21?,22-,23+/m0/s1. The van der Waals surface area contributed by atoms with Crippen molar-refractivity contribution in [2.45, 2.75) is 83.7 Å². The zero-order valence-electron chi connectivity index (χ0n) is 15.7. The molecule has 3 unspecified atom stereocenters. The summed E-state index contributed by atoms with van der Waals surface area (Å²) in [7, 11) is 0. The van der Waals surface area contributed by atoms with Crippen LogP contribution in [0.1, 0.15) is 77.6 Å². The number of hydrogen-bond acceptors (Lipinski definition) is 2. The Morgan fingerprint density at radius 1 is 1.04 bits per heavy atom. The van der Waals surface area contributed by atoms with E-state index in [1.54, 1.807) is 0 Å². The molecule has 5 rings (SSSR count). The molecule has 8 atom stereocenters. The molecule has 0 aliphatic heterocycles. The fraction of sp³-hybridized carbons (Fsp3) is 0.870. The van der Waals surface area contributed by atoms with Crippen LogP contribution in [0.15, 0.2) is 11.6 Å². The largest absolute Gasteiger partial charge is 0.393 e. The Balaban J connectivity index is 1.46. The molecular formula is C23H33NO. The lowest BCUT2D eigenvalue weighted by molar-refractivity contribution is -0.130. The first kappa shape index (κ1) is 16.4. The van der Waals surface area contributed by atoms with Crippen LogP contribution >= 0.6 is 0 Å². The lowest BCUT2D eigenvalue weighted by Crippen LogP contribution is -2.54. The van der Waals surface area contributed by atoms with Gasteiger partial charge in [0.1, 0.15) is 0 Å². The highest BCUT2D eigenvalue weighted by atomic mass is 16.3. The van der Waals surface area contributed by atoms with Gasteiger partial charge in [0.2, 0.25) is 0 Å². The average Bonchev–Trinajstić information content (AvgIpc) is 3.02. The summed E-state index contributed by atoms with van der Waals surface area (Å²) in [4.78, 5) is 0. The molecule has 2 heteroatoms. The van der Waals surface area contributed by atoms with E-state index in [1.807, 2.05) is 0 Å². The Hall–Kier alpha value is -0.810. The van der Waals surface area contributed by atoms with E-state index >= 15 is 0 Å². The van der Waals surface area contributed by atoms with Gasteiger partial charge in [-0.1, -0.05) is 13.0 Å². The third-order valence-electron chi connectivity index (χ3n) is 9.83. The van der Waals surface area contributed by atoms with E-state index in [9.17, 15) is 10.4 Å². The lowest BCUT2D eigenvalue weighted by atomic mass is 9.43. The predicted octanol–water partition coefficient (Wildman–Crippen LogP) is 5.23. The minimum Gasteiger partial charge on any atom is -0.393 e. The SMILES string of the molecule is C[C@]12CC[C@@H](O)C[C@@H]1CCC1C3CC[C@@H]4C(C#N)=CCC[C@]34CCC12. The number of fused-ring (bicyclic) bond motifs is 4. The summed E-state index contributed by atoms with van der Waals surface area (Å²) in [6.45, 7) is 2.58. The van der Waals surface area contributed by atoms with Gasteiger partial charge in [0, 0.05) is 5.57 Å². The summed E-state index contributed by atoms with van der Waals surface area (Å²) >= 11 is 0. The Kier molecular flexibility index (Phi) is 3.66. The van der Waals surface area contributed by atoms with Crippen LogP contribution in [-0.4, -0.2) is 11.2 Å². The number of aliphatic hydroxyl groups is 1. The van der Waals surface area contributed by atoms with Crippen molar-refractivity contribution in [3.8, 4) is 6.07 Å². The average molecular weight is 340 g/mol. The summed E-state index contributed by atoms with van der Waals surface area (Å²) in [5.41, 5.74) is 2.08. The summed E-state index contributed by atoms with van der Waals surface area (Å²) in [5.74, 6) is 3.98. The second kappa shape index (κ2) is 5.59. The monoisotopic (exact) mass is 339 g/mol. The van der Waals surface area contributed by atoms with Crippen LogP contribution in [0.25, 0.3) is 0 Å². The van der Waals surface area contributed by atoms with Crippen molar-refractivity contribution in [3.63, 3.8) is 0 Å². The predicted molar refractivity (Wildman–Crippen MR) is 98.5 cm³/mol. The van der Waals surface area contributed by atoms with E-state index in [0.29, 0.717) is 16.7 Å². The topological polar surface area (TPSA) is 44.0 Å². The van der Waals surface area contributed by atoms with Crippen molar-refractivity contribution in [2.75, 3.05) is 0 Å². The second-order valence-electron chi connectivity index (χ2n) is 10.3. The van der Waals surface area contributed by atoms with Gasteiger partial charge in [0.05, 0.1) is 12.2 Å². The van der Waals surface area contributed by atoms with E-state index in [-0.39, 0.29) is 6.10 Å². The minimum absolute atomic E-state index is 0.0397. The van der Waals surface area contributed by atoms with Crippen LogP contribution in [0.5, 0.6) is 0 Å². The molecule has 5 aliphatic rings. The second-order valence-corrected chi connectivity index (χ2v) is 10.3. The smallest absolute Gasteiger partial charge is 0.0946 e. The van der Waals surface area contributed by atoms with E-state index in [1.165, 1.54) is 51.4 Å². The van der Waals surface area contributed by atoms with Crippen molar-refractivity contribution in [2.24, 2.45) is 40.4 Å². The molecule has 4 saturated carbocycles. The molecule has 0 heterocycles. The molecule has 2 nitrogen and oxygen atoms in total. The molecule has 0 aromatic carbocycles. The van der Waals surface area contributed by atoms with Crippen molar-refractivity contribution < 1.29 is 5.11 Å². The zero-order chi connectivity index (χ0) is 17.2. The number of aliphatic hydroxyl groups excluding tert-OH is 1. The number of hydrogen-bond donors (Lipinski definition) is 1. The van der Waals surface area contributed by atoms with E-state index in [0.717, 1.165) is 48.5 Å². The molecule has 0 radical (unpaired) electrons. The maximum Gasteiger partial charge on any atom is 0.0946 e. The summed E-state index contributed by atoms with van der Waals surface area (Å²) in [6, 6.07) is 2.57. The van der Waals surface area contributed by atoms with Crippen molar-refractivity contribution in [3.05, 3.63) is 11.6 Å². The Labute approximate surface area is 152 Å². The van der Waals surface area contributed by atoms with Crippen LogP contribution in [0.3, 0.4) is 0 Å². The normalized spacial score (nSPS) is 54.4. The van der Waals surface area contributed by atoms with Gasteiger partial charge in [-0.05, 0) is 111 Å². The third-order valence-corrected chi connectivity index (χ3v) is 9.83. The van der Waals surface area contributed by atoms with Crippen molar-refractivity contribution in [1.82, 2.24) is 0 Å². The molecule has 0 saturated heterocycles. The maximum absolute atomic E-state index is 10.2. The molecule has 0 bridgehead atoms. The van der Waals surface area contributed by atoms with Gasteiger partial charge < -0.3 is 5.11 Å². The van der Waals surface area contributed by atoms with Gasteiger partial charge in [0.25, 0.3) is 0 Å². The van der Waals surface area contributed by atoms with E-state index in [2.05, 4.69) is 19.1 Å². The fourth-order valence-electron chi connectivity index (χ4n) is 8.76.